The highest BCUT2D eigenvalue weighted by Crippen LogP contribution is 2.25. The minimum atomic E-state index is -4.73. The molecule has 0 aliphatic carbocycles. The number of hydrogen-bond donors (Lipinski definition) is 1. The molecule has 0 radical (unpaired) electrons. The monoisotopic (exact) mass is 540 g/mol. The number of H-pyrrole nitrogens is 1. The summed E-state index contributed by atoms with van der Waals surface area (Å²) >= 11 is 0. The van der Waals surface area contributed by atoms with Gasteiger partial charge in [-0.2, -0.15) is 0 Å². The van der Waals surface area contributed by atoms with E-state index < -0.39 is 6.36 Å². The van der Waals surface area contributed by atoms with Gasteiger partial charge in [-0.15, -0.1) is 13.2 Å². The molecule has 11 heteroatoms. The maximum Gasteiger partial charge on any atom is 0.573 e. The van der Waals surface area contributed by atoms with E-state index in [9.17, 15) is 18.0 Å². The Kier molecular flexibility index (Phi) is 7.99. The fraction of sp³-hybridized carbons (Fsp3) is 0.286. The first-order valence-corrected chi connectivity index (χ1v) is 12.5. The fourth-order valence-electron chi connectivity index (χ4n) is 4.31. The Morgan fingerprint density at radius 3 is 2.44 bits per heavy atom. The van der Waals surface area contributed by atoms with Crippen molar-refractivity contribution in [2.75, 3.05) is 44.3 Å². The zero-order valence-electron chi connectivity index (χ0n) is 21.0. The molecule has 0 bridgehead atoms. The van der Waals surface area contributed by atoms with Crippen molar-refractivity contribution in [1.29, 1.82) is 0 Å². The number of ether oxygens (including phenoxy) is 3. The van der Waals surface area contributed by atoms with Gasteiger partial charge in [-0.05, 0) is 60.2 Å². The number of benzene rings is 3. The second kappa shape index (κ2) is 11.7. The van der Waals surface area contributed by atoms with E-state index in [0.717, 1.165) is 29.8 Å². The van der Waals surface area contributed by atoms with Gasteiger partial charge in [0, 0.05) is 37.4 Å². The van der Waals surface area contributed by atoms with Gasteiger partial charge in [0.05, 0.1) is 30.6 Å². The van der Waals surface area contributed by atoms with E-state index in [2.05, 4.69) is 19.6 Å². The van der Waals surface area contributed by atoms with Crippen LogP contribution in [0.15, 0.2) is 73.1 Å². The van der Waals surface area contributed by atoms with Gasteiger partial charge < -0.3 is 24.1 Å². The molecule has 0 unspecified atom stereocenters. The number of halogens is 3. The number of alkyl halides is 3. The SMILES string of the molecule is O=C(c1ccc2nc[nH]c2c1)N(CCN1CCOCC1)c1ccc(OCc2ccc(OC(F)(F)F)cc2)cc1. The number of aromatic nitrogens is 2. The highest BCUT2D eigenvalue weighted by atomic mass is 19.4. The van der Waals surface area contributed by atoms with Crippen molar-refractivity contribution in [3.63, 3.8) is 0 Å². The standard InChI is InChI=1S/C28H27F3N4O4/c29-28(30,31)39-24-6-1-20(2-7-24)18-38-23-8-4-22(5-9-23)35(12-11-34-13-15-37-16-14-34)27(36)21-3-10-25-26(17-21)33-19-32-25/h1-10,17,19H,11-16,18H2,(H,32,33). The molecule has 0 spiro atoms. The van der Waals surface area contributed by atoms with Gasteiger partial charge in [-0.3, -0.25) is 9.69 Å². The van der Waals surface area contributed by atoms with Crippen LogP contribution in [0.5, 0.6) is 11.5 Å². The van der Waals surface area contributed by atoms with Crippen molar-refractivity contribution in [3.8, 4) is 11.5 Å². The lowest BCUT2D eigenvalue weighted by molar-refractivity contribution is -0.274. The third kappa shape index (κ3) is 7.06. The van der Waals surface area contributed by atoms with Crippen molar-refractivity contribution < 1.29 is 32.2 Å². The molecular formula is C28H27F3N4O4. The number of morpholine rings is 1. The summed E-state index contributed by atoms with van der Waals surface area (Å²) in [6.07, 6.45) is -3.14. The summed E-state index contributed by atoms with van der Waals surface area (Å²) in [5, 5.41) is 0. The first-order chi connectivity index (χ1) is 18.8. The number of aromatic amines is 1. The highest BCUT2D eigenvalue weighted by Gasteiger charge is 2.31. The third-order valence-electron chi connectivity index (χ3n) is 6.37. The lowest BCUT2D eigenvalue weighted by atomic mass is 10.1. The van der Waals surface area contributed by atoms with Gasteiger partial charge in [0.15, 0.2) is 0 Å². The molecule has 1 fully saturated rings. The molecule has 5 rings (SSSR count). The normalized spacial score (nSPS) is 14.3. The van der Waals surface area contributed by atoms with E-state index in [1.165, 1.54) is 24.3 Å². The Balaban J connectivity index is 1.27. The highest BCUT2D eigenvalue weighted by molar-refractivity contribution is 6.07. The van der Waals surface area contributed by atoms with Crippen LogP contribution in [0.25, 0.3) is 11.0 Å². The molecule has 1 aromatic heterocycles. The third-order valence-corrected chi connectivity index (χ3v) is 6.37. The lowest BCUT2D eigenvalue weighted by Crippen LogP contribution is -2.43. The van der Waals surface area contributed by atoms with E-state index in [-0.39, 0.29) is 18.3 Å². The van der Waals surface area contributed by atoms with Gasteiger partial charge in [-0.25, -0.2) is 4.98 Å². The Bertz CT molecular complexity index is 1380. The summed E-state index contributed by atoms with van der Waals surface area (Å²) in [7, 11) is 0. The molecule has 204 valence electrons. The average Bonchev–Trinajstić information content (AvgIpc) is 3.41. The summed E-state index contributed by atoms with van der Waals surface area (Å²) in [5.74, 6) is 0.146. The number of rotatable bonds is 9. The molecular weight excluding hydrogens is 513 g/mol. The predicted molar refractivity (Wildman–Crippen MR) is 139 cm³/mol. The number of carbonyl (C=O) groups is 1. The molecule has 1 amide bonds. The molecule has 2 heterocycles. The van der Waals surface area contributed by atoms with Gasteiger partial charge in [0.25, 0.3) is 5.91 Å². The average molecular weight is 541 g/mol. The summed E-state index contributed by atoms with van der Waals surface area (Å²) in [6.45, 7) is 4.34. The molecule has 1 saturated heterocycles. The van der Waals surface area contributed by atoms with E-state index in [1.807, 2.05) is 18.2 Å². The van der Waals surface area contributed by atoms with Crippen molar-refractivity contribution >= 4 is 22.6 Å². The molecule has 1 aliphatic rings. The second-order valence-electron chi connectivity index (χ2n) is 9.02. The zero-order chi connectivity index (χ0) is 27.2. The van der Waals surface area contributed by atoms with Crippen molar-refractivity contribution in [2.24, 2.45) is 0 Å². The van der Waals surface area contributed by atoms with Crippen molar-refractivity contribution in [3.05, 3.63) is 84.2 Å². The molecule has 0 saturated carbocycles. The smallest absolute Gasteiger partial charge is 0.489 e. The predicted octanol–water partition coefficient (Wildman–Crippen LogP) is 5.02. The van der Waals surface area contributed by atoms with Crippen LogP contribution in [0.2, 0.25) is 0 Å². The van der Waals surface area contributed by atoms with Crippen LogP contribution in [0.4, 0.5) is 18.9 Å². The quantitative estimate of drug-likeness (QED) is 0.321. The van der Waals surface area contributed by atoms with E-state index >= 15 is 0 Å². The van der Waals surface area contributed by atoms with Crippen molar-refractivity contribution in [1.82, 2.24) is 14.9 Å². The molecule has 39 heavy (non-hydrogen) atoms. The number of nitrogens with one attached hydrogen (secondary N) is 1. The number of carbonyl (C=O) groups excluding carboxylic acids is 1. The van der Waals surface area contributed by atoms with Crippen LogP contribution in [0, 0.1) is 0 Å². The minimum absolute atomic E-state index is 0.130. The molecule has 4 aromatic rings. The van der Waals surface area contributed by atoms with Crippen LogP contribution in [-0.4, -0.2) is 66.5 Å². The molecule has 1 aliphatic heterocycles. The van der Waals surface area contributed by atoms with Crippen LogP contribution in [0.3, 0.4) is 0 Å². The number of imidazole rings is 1. The number of amides is 1. The largest absolute Gasteiger partial charge is 0.573 e. The molecule has 8 nitrogen and oxygen atoms in total. The summed E-state index contributed by atoms with van der Waals surface area (Å²) in [4.78, 5) is 24.9. The summed E-state index contributed by atoms with van der Waals surface area (Å²) in [6, 6.07) is 18.1. The first-order valence-electron chi connectivity index (χ1n) is 12.5. The minimum Gasteiger partial charge on any atom is -0.489 e. The Hall–Kier alpha value is -4.09. The fourth-order valence-corrected chi connectivity index (χ4v) is 4.31. The molecule has 3 aromatic carbocycles. The maximum atomic E-state index is 13.6. The number of fused-ring (bicyclic) bond motifs is 1. The number of hydrogen-bond acceptors (Lipinski definition) is 6. The van der Waals surface area contributed by atoms with Gasteiger partial charge in [0.1, 0.15) is 18.1 Å². The van der Waals surface area contributed by atoms with Gasteiger partial charge in [0.2, 0.25) is 0 Å². The first kappa shape index (κ1) is 26.5. The summed E-state index contributed by atoms with van der Waals surface area (Å²) < 4.78 is 52.2. The second-order valence-corrected chi connectivity index (χ2v) is 9.02. The number of anilines is 1. The Labute approximate surface area is 222 Å². The van der Waals surface area contributed by atoms with E-state index in [1.54, 1.807) is 35.5 Å². The molecule has 1 N–H and O–H groups in total. The van der Waals surface area contributed by atoms with Crippen LogP contribution >= 0.6 is 0 Å². The van der Waals surface area contributed by atoms with Gasteiger partial charge in [-0.1, -0.05) is 12.1 Å². The Morgan fingerprint density at radius 1 is 1.00 bits per heavy atom. The zero-order valence-corrected chi connectivity index (χ0v) is 21.0. The lowest BCUT2D eigenvalue weighted by Gasteiger charge is -2.30. The van der Waals surface area contributed by atoms with E-state index in [4.69, 9.17) is 9.47 Å². The summed E-state index contributed by atoms with van der Waals surface area (Å²) in [5.41, 5.74) is 3.53. The Morgan fingerprint density at radius 2 is 1.72 bits per heavy atom. The van der Waals surface area contributed by atoms with Crippen LogP contribution in [-0.2, 0) is 11.3 Å². The van der Waals surface area contributed by atoms with Crippen LogP contribution in [0.1, 0.15) is 15.9 Å². The number of nitrogens with zero attached hydrogens (tertiary/aromatic N) is 3. The van der Waals surface area contributed by atoms with Crippen molar-refractivity contribution in [2.45, 2.75) is 13.0 Å². The maximum absolute atomic E-state index is 13.6. The van der Waals surface area contributed by atoms with Crippen LogP contribution < -0.4 is 14.4 Å². The van der Waals surface area contributed by atoms with E-state index in [0.29, 0.717) is 43.2 Å². The van der Waals surface area contributed by atoms with Gasteiger partial charge >= 0.3 is 6.36 Å². The topological polar surface area (TPSA) is 79.9 Å². The molecule has 0 atom stereocenters.